The van der Waals surface area contributed by atoms with Crippen LogP contribution in [0.2, 0.25) is 0 Å². The Morgan fingerprint density at radius 2 is 2.10 bits per heavy atom. The van der Waals surface area contributed by atoms with E-state index in [9.17, 15) is 4.79 Å². The number of fused-ring (bicyclic) bond motifs is 6. The molecule has 3 unspecified atom stereocenters. The van der Waals surface area contributed by atoms with Crippen molar-refractivity contribution in [3.63, 3.8) is 0 Å². The van der Waals surface area contributed by atoms with Crippen LogP contribution in [0, 0.1) is 6.92 Å². The first-order chi connectivity index (χ1) is 9.66. The van der Waals surface area contributed by atoms with Crippen molar-refractivity contribution in [1.82, 2.24) is 9.80 Å². The third-order valence-corrected chi connectivity index (χ3v) is 5.50. The fraction of sp³-hybridized carbons (Fsp3) is 0.588. The highest BCUT2D eigenvalue weighted by Crippen LogP contribution is 2.43. The smallest absolute Gasteiger partial charge is 0.240 e. The highest BCUT2D eigenvalue weighted by atomic mass is 16.2. The zero-order valence-electron chi connectivity index (χ0n) is 12.3. The van der Waals surface area contributed by atoms with Crippen LogP contribution in [0.1, 0.15) is 42.0 Å². The van der Waals surface area contributed by atoms with Gasteiger partial charge in [-0.25, -0.2) is 0 Å². The van der Waals surface area contributed by atoms with Crippen LogP contribution in [0.15, 0.2) is 18.2 Å². The van der Waals surface area contributed by atoms with Gasteiger partial charge in [0.25, 0.3) is 0 Å². The lowest BCUT2D eigenvalue weighted by Gasteiger charge is -2.54. The molecule has 4 rings (SSSR count). The Bertz CT molecular complexity index is 568. The molecule has 3 aliphatic rings. The van der Waals surface area contributed by atoms with Crippen molar-refractivity contribution < 1.29 is 4.79 Å². The molecule has 106 valence electrons. The molecular weight excluding hydrogens is 248 g/mol. The number of benzene rings is 1. The van der Waals surface area contributed by atoms with Gasteiger partial charge in [-0.05, 0) is 50.8 Å². The van der Waals surface area contributed by atoms with E-state index >= 15 is 0 Å². The molecule has 2 saturated heterocycles. The molecule has 3 atom stereocenters. The van der Waals surface area contributed by atoms with E-state index in [-0.39, 0.29) is 12.1 Å². The largest absolute Gasteiger partial charge is 0.332 e. The Morgan fingerprint density at radius 1 is 1.25 bits per heavy atom. The lowest BCUT2D eigenvalue weighted by atomic mass is 9.78. The zero-order chi connectivity index (χ0) is 13.9. The highest BCUT2D eigenvalue weighted by Gasteiger charge is 2.49. The number of hydrogen-bond donors (Lipinski definition) is 0. The highest BCUT2D eigenvalue weighted by molar-refractivity contribution is 5.84. The zero-order valence-corrected chi connectivity index (χ0v) is 12.3. The predicted octanol–water partition coefficient (Wildman–Crippen LogP) is 2.29. The van der Waals surface area contributed by atoms with Gasteiger partial charge in [0.05, 0.1) is 12.1 Å². The molecule has 3 aliphatic heterocycles. The van der Waals surface area contributed by atoms with Crippen molar-refractivity contribution >= 4 is 5.91 Å². The molecule has 0 saturated carbocycles. The molecule has 0 aromatic heterocycles. The van der Waals surface area contributed by atoms with Gasteiger partial charge in [0, 0.05) is 12.6 Å². The Morgan fingerprint density at radius 3 is 2.95 bits per heavy atom. The SMILES string of the molecule is Cc1ccc2c(c1)CCN1C(=O)C3CCCC(C21)N3C. The van der Waals surface area contributed by atoms with E-state index in [2.05, 4.69) is 42.0 Å². The van der Waals surface area contributed by atoms with Gasteiger partial charge < -0.3 is 4.90 Å². The number of aryl methyl sites for hydroxylation is 1. The summed E-state index contributed by atoms with van der Waals surface area (Å²) in [6.45, 7) is 3.06. The molecule has 2 bridgehead atoms. The molecule has 0 radical (unpaired) electrons. The molecule has 1 aromatic rings. The van der Waals surface area contributed by atoms with Crippen molar-refractivity contribution in [2.45, 2.75) is 50.7 Å². The number of hydrogen-bond acceptors (Lipinski definition) is 2. The van der Waals surface area contributed by atoms with Gasteiger partial charge in [-0.1, -0.05) is 23.8 Å². The van der Waals surface area contributed by atoms with E-state index in [1.807, 2.05) is 0 Å². The lowest BCUT2D eigenvalue weighted by Crippen LogP contribution is -2.64. The first-order valence-corrected chi connectivity index (χ1v) is 7.78. The van der Waals surface area contributed by atoms with Gasteiger partial charge in [0.15, 0.2) is 0 Å². The summed E-state index contributed by atoms with van der Waals surface area (Å²) in [5.41, 5.74) is 4.18. The second-order valence-electron chi connectivity index (χ2n) is 6.61. The minimum Gasteiger partial charge on any atom is -0.332 e. The van der Waals surface area contributed by atoms with Crippen LogP contribution < -0.4 is 0 Å². The molecule has 0 spiro atoms. The molecule has 1 amide bonds. The van der Waals surface area contributed by atoms with Gasteiger partial charge in [-0.15, -0.1) is 0 Å². The van der Waals surface area contributed by atoms with Gasteiger partial charge in [0.2, 0.25) is 5.91 Å². The van der Waals surface area contributed by atoms with E-state index < -0.39 is 0 Å². The summed E-state index contributed by atoms with van der Waals surface area (Å²) >= 11 is 0. The maximum atomic E-state index is 12.7. The summed E-state index contributed by atoms with van der Waals surface area (Å²) in [7, 11) is 2.15. The van der Waals surface area contributed by atoms with Crippen LogP contribution in [0.3, 0.4) is 0 Å². The van der Waals surface area contributed by atoms with Crippen molar-refractivity contribution in [3.8, 4) is 0 Å². The quantitative estimate of drug-likeness (QED) is 0.722. The summed E-state index contributed by atoms with van der Waals surface area (Å²) in [4.78, 5) is 17.3. The molecule has 2 fully saturated rings. The molecule has 0 N–H and O–H groups in total. The summed E-state index contributed by atoms with van der Waals surface area (Å²) in [5, 5.41) is 0. The Labute approximate surface area is 120 Å². The van der Waals surface area contributed by atoms with Gasteiger partial charge >= 0.3 is 0 Å². The standard InChI is InChI=1S/C17H22N2O/c1-11-6-7-13-12(10-11)8-9-19-16(13)14-4-3-5-15(17(19)20)18(14)2/h6-7,10,14-16H,3-5,8-9H2,1-2H3. The van der Waals surface area contributed by atoms with Crippen molar-refractivity contribution in [1.29, 1.82) is 0 Å². The topological polar surface area (TPSA) is 23.6 Å². The van der Waals surface area contributed by atoms with Crippen LogP contribution in [0.5, 0.6) is 0 Å². The monoisotopic (exact) mass is 270 g/mol. The van der Waals surface area contributed by atoms with E-state index in [1.165, 1.54) is 29.5 Å². The van der Waals surface area contributed by atoms with Crippen LogP contribution in [-0.2, 0) is 11.2 Å². The van der Waals surface area contributed by atoms with Crippen molar-refractivity contribution in [3.05, 3.63) is 34.9 Å². The van der Waals surface area contributed by atoms with Gasteiger partial charge in [-0.3, -0.25) is 9.69 Å². The maximum absolute atomic E-state index is 12.7. The van der Waals surface area contributed by atoms with Crippen molar-refractivity contribution in [2.75, 3.05) is 13.6 Å². The van der Waals surface area contributed by atoms with Crippen LogP contribution in [-0.4, -0.2) is 41.4 Å². The number of piperazine rings is 1. The predicted molar refractivity (Wildman–Crippen MR) is 78.5 cm³/mol. The van der Waals surface area contributed by atoms with Gasteiger partial charge in [-0.2, -0.15) is 0 Å². The molecule has 3 heterocycles. The van der Waals surface area contributed by atoms with Crippen LogP contribution in [0.25, 0.3) is 0 Å². The second-order valence-corrected chi connectivity index (χ2v) is 6.61. The Kier molecular flexibility index (Phi) is 2.68. The van der Waals surface area contributed by atoms with E-state index in [0.29, 0.717) is 11.9 Å². The first kappa shape index (κ1) is 12.4. The fourth-order valence-electron chi connectivity index (χ4n) is 4.48. The summed E-state index contributed by atoms with van der Waals surface area (Å²) in [5.74, 6) is 0.361. The Balaban J connectivity index is 1.82. The second kappa shape index (κ2) is 4.32. The average molecular weight is 270 g/mol. The third kappa shape index (κ3) is 1.59. The van der Waals surface area contributed by atoms with E-state index in [0.717, 1.165) is 19.4 Å². The molecule has 20 heavy (non-hydrogen) atoms. The lowest BCUT2D eigenvalue weighted by molar-refractivity contribution is -0.154. The number of carbonyl (C=O) groups is 1. The number of carbonyl (C=O) groups excluding carboxylic acids is 1. The third-order valence-electron chi connectivity index (χ3n) is 5.50. The van der Waals surface area contributed by atoms with E-state index in [4.69, 9.17) is 0 Å². The molecular formula is C17H22N2O. The Hall–Kier alpha value is -1.35. The average Bonchev–Trinajstić information content (AvgIpc) is 2.44. The molecule has 1 aromatic carbocycles. The number of amides is 1. The fourth-order valence-corrected chi connectivity index (χ4v) is 4.48. The van der Waals surface area contributed by atoms with E-state index in [1.54, 1.807) is 0 Å². The number of nitrogens with zero attached hydrogens (tertiary/aromatic N) is 2. The van der Waals surface area contributed by atoms with Crippen LogP contribution in [0.4, 0.5) is 0 Å². The summed E-state index contributed by atoms with van der Waals surface area (Å²) in [6.07, 6.45) is 4.46. The first-order valence-electron chi connectivity index (χ1n) is 7.78. The normalized spacial score (nSPS) is 32.8. The molecule has 3 nitrogen and oxygen atoms in total. The summed E-state index contributed by atoms with van der Waals surface area (Å²) < 4.78 is 0. The number of likely N-dealkylation sites (N-methyl/N-ethyl adjacent to an activating group) is 1. The molecule has 3 heteroatoms. The minimum atomic E-state index is 0.136. The van der Waals surface area contributed by atoms with Crippen molar-refractivity contribution in [2.24, 2.45) is 0 Å². The molecule has 0 aliphatic carbocycles. The summed E-state index contributed by atoms with van der Waals surface area (Å²) in [6, 6.07) is 7.70. The minimum absolute atomic E-state index is 0.136. The number of piperidine rings is 1. The van der Waals surface area contributed by atoms with Crippen LogP contribution >= 0.6 is 0 Å². The maximum Gasteiger partial charge on any atom is 0.240 e. The van der Waals surface area contributed by atoms with Gasteiger partial charge in [0.1, 0.15) is 0 Å². The number of rotatable bonds is 0.